The Bertz CT molecular complexity index is 168. The highest BCUT2D eigenvalue weighted by Crippen LogP contribution is 2.11. The number of hydrogen-bond donors (Lipinski definition) is 1. The Morgan fingerprint density at radius 3 is 3.00 bits per heavy atom. The predicted octanol–water partition coefficient (Wildman–Crippen LogP) is 1.20. The number of aliphatic hydroxyl groups is 1. The Hall–Kier alpha value is -1.05. The molecule has 0 aromatic heterocycles. The second-order valence-electron chi connectivity index (χ2n) is 2.02. The van der Waals surface area contributed by atoms with E-state index in [0.29, 0.717) is 6.42 Å². The van der Waals surface area contributed by atoms with Crippen molar-refractivity contribution in [1.29, 1.82) is 0 Å². The van der Waals surface area contributed by atoms with Crippen LogP contribution in [0, 0.1) is 5.92 Å². The zero-order valence-corrected chi connectivity index (χ0v) is 4.95. The number of aldehydes is 1. The lowest BCUT2D eigenvalue weighted by molar-refractivity contribution is -0.109. The van der Waals surface area contributed by atoms with Gasteiger partial charge in [0.15, 0.2) is 0 Å². The number of rotatable bonds is 1. The molecule has 1 N–H and O–H groups in total. The third kappa shape index (κ3) is 1.42. The van der Waals surface area contributed by atoms with Gasteiger partial charge in [-0.2, -0.15) is 0 Å². The van der Waals surface area contributed by atoms with Crippen LogP contribution in [-0.2, 0) is 4.79 Å². The van der Waals surface area contributed by atoms with E-state index in [1.54, 1.807) is 18.2 Å². The average Bonchev–Trinajstić information content (AvgIpc) is 1.90. The molecule has 0 amide bonds. The summed E-state index contributed by atoms with van der Waals surface area (Å²) < 4.78 is 0. The van der Waals surface area contributed by atoms with Crippen LogP contribution >= 0.6 is 0 Å². The van der Waals surface area contributed by atoms with E-state index in [0.717, 1.165) is 6.29 Å². The number of carbonyl (C=O) groups excluding carboxylic acids is 1. The van der Waals surface area contributed by atoms with Crippen LogP contribution in [0.15, 0.2) is 24.0 Å². The number of allylic oxidation sites excluding steroid dienone is 3. The van der Waals surface area contributed by atoms with Gasteiger partial charge < -0.3 is 9.90 Å². The molecule has 2 nitrogen and oxygen atoms in total. The van der Waals surface area contributed by atoms with E-state index in [1.165, 1.54) is 0 Å². The molecule has 0 saturated heterocycles. The zero-order chi connectivity index (χ0) is 6.69. The van der Waals surface area contributed by atoms with Crippen LogP contribution in [0.2, 0.25) is 0 Å². The molecular formula is C7H8O2. The third-order valence-electron chi connectivity index (χ3n) is 1.29. The maximum atomic E-state index is 10.1. The second kappa shape index (κ2) is 2.49. The molecule has 0 bridgehead atoms. The monoisotopic (exact) mass is 124 g/mol. The van der Waals surface area contributed by atoms with E-state index >= 15 is 0 Å². The highest BCUT2D eigenvalue weighted by atomic mass is 16.3. The van der Waals surface area contributed by atoms with Crippen molar-refractivity contribution in [3.05, 3.63) is 24.0 Å². The molecular weight excluding hydrogens is 116 g/mol. The summed E-state index contributed by atoms with van der Waals surface area (Å²) in [5.41, 5.74) is 0. The van der Waals surface area contributed by atoms with Gasteiger partial charge in [0, 0.05) is 5.92 Å². The van der Waals surface area contributed by atoms with E-state index in [4.69, 9.17) is 5.11 Å². The fourth-order valence-electron chi connectivity index (χ4n) is 0.727. The minimum Gasteiger partial charge on any atom is -0.508 e. The first kappa shape index (κ1) is 6.08. The first-order valence-electron chi connectivity index (χ1n) is 2.85. The number of carbonyl (C=O) groups is 1. The number of hydrogen-bond acceptors (Lipinski definition) is 2. The third-order valence-corrected chi connectivity index (χ3v) is 1.29. The predicted molar refractivity (Wildman–Crippen MR) is 34.0 cm³/mol. The molecule has 1 atom stereocenters. The molecule has 0 radical (unpaired) electrons. The minimum absolute atomic E-state index is 0.0269. The van der Waals surface area contributed by atoms with Crippen LogP contribution in [-0.4, -0.2) is 11.4 Å². The molecule has 0 spiro atoms. The molecule has 0 aromatic rings. The van der Waals surface area contributed by atoms with E-state index in [1.807, 2.05) is 0 Å². The molecule has 0 unspecified atom stereocenters. The summed E-state index contributed by atoms with van der Waals surface area (Å²) in [5.74, 6) is 0.231. The molecule has 0 heterocycles. The van der Waals surface area contributed by atoms with Gasteiger partial charge >= 0.3 is 0 Å². The van der Waals surface area contributed by atoms with Gasteiger partial charge in [-0.3, -0.25) is 0 Å². The molecule has 1 aliphatic carbocycles. The van der Waals surface area contributed by atoms with Crippen molar-refractivity contribution in [2.75, 3.05) is 0 Å². The van der Waals surface area contributed by atoms with Gasteiger partial charge in [-0.05, 0) is 18.6 Å². The minimum atomic E-state index is -0.0269. The van der Waals surface area contributed by atoms with E-state index in [-0.39, 0.29) is 11.7 Å². The standard InChI is InChI=1S/C7H8O2/c8-5-6-1-3-7(9)4-2-6/h1,3-6,9H,2H2/t6-/m0/s1. The van der Waals surface area contributed by atoms with Gasteiger partial charge in [-0.1, -0.05) is 6.08 Å². The Labute approximate surface area is 53.5 Å². The van der Waals surface area contributed by atoms with Crippen molar-refractivity contribution in [3.8, 4) is 0 Å². The fraction of sp³-hybridized carbons (Fsp3) is 0.286. The van der Waals surface area contributed by atoms with Crippen molar-refractivity contribution in [2.24, 2.45) is 5.92 Å². The molecule has 2 heteroatoms. The van der Waals surface area contributed by atoms with Gasteiger partial charge in [-0.15, -0.1) is 0 Å². The Morgan fingerprint density at radius 2 is 2.56 bits per heavy atom. The van der Waals surface area contributed by atoms with E-state index < -0.39 is 0 Å². The average molecular weight is 124 g/mol. The van der Waals surface area contributed by atoms with Gasteiger partial charge in [0.2, 0.25) is 0 Å². The van der Waals surface area contributed by atoms with Crippen molar-refractivity contribution in [1.82, 2.24) is 0 Å². The number of aliphatic hydroxyl groups excluding tert-OH is 1. The quantitative estimate of drug-likeness (QED) is 0.533. The summed E-state index contributed by atoms with van der Waals surface area (Å²) in [6, 6.07) is 0. The molecule has 0 saturated carbocycles. The normalized spacial score (nSPS) is 25.3. The van der Waals surface area contributed by atoms with Gasteiger partial charge in [0.25, 0.3) is 0 Å². The topological polar surface area (TPSA) is 37.3 Å². The lowest BCUT2D eigenvalue weighted by atomic mass is 10.0. The second-order valence-corrected chi connectivity index (χ2v) is 2.02. The van der Waals surface area contributed by atoms with Crippen LogP contribution in [0.3, 0.4) is 0 Å². The van der Waals surface area contributed by atoms with Crippen LogP contribution in [0.4, 0.5) is 0 Å². The first-order valence-corrected chi connectivity index (χ1v) is 2.85. The SMILES string of the molecule is O=C[C@H]1C=CC(O)=CC1. The first-order chi connectivity index (χ1) is 4.33. The summed E-state index contributed by atoms with van der Waals surface area (Å²) >= 11 is 0. The fourth-order valence-corrected chi connectivity index (χ4v) is 0.727. The molecule has 1 rings (SSSR count). The largest absolute Gasteiger partial charge is 0.508 e. The van der Waals surface area contributed by atoms with Gasteiger partial charge in [-0.25, -0.2) is 0 Å². The van der Waals surface area contributed by atoms with E-state index in [2.05, 4.69) is 0 Å². The molecule has 0 aromatic carbocycles. The lowest BCUT2D eigenvalue weighted by Crippen LogP contribution is -1.99. The molecule has 1 aliphatic rings. The molecule has 9 heavy (non-hydrogen) atoms. The van der Waals surface area contributed by atoms with Crippen LogP contribution < -0.4 is 0 Å². The molecule has 0 aliphatic heterocycles. The summed E-state index contributed by atoms with van der Waals surface area (Å²) in [7, 11) is 0. The Kier molecular flexibility index (Phi) is 1.68. The lowest BCUT2D eigenvalue weighted by Gasteiger charge is -2.04. The van der Waals surface area contributed by atoms with Crippen LogP contribution in [0.1, 0.15) is 6.42 Å². The maximum absolute atomic E-state index is 10.1. The maximum Gasteiger partial charge on any atom is 0.127 e. The van der Waals surface area contributed by atoms with Crippen molar-refractivity contribution >= 4 is 6.29 Å². The van der Waals surface area contributed by atoms with Gasteiger partial charge in [0.05, 0.1) is 0 Å². The summed E-state index contributed by atoms with van der Waals surface area (Å²) in [6.45, 7) is 0. The summed E-state index contributed by atoms with van der Waals surface area (Å²) in [6.07, 6.45) is 6.38. The highest BCUT2D eigenvalue weighted by Gasteiger charge is 2.04. The van der Waals surface area contributed by atoms with Crippen LogP contribution in [0.5, 0.6) is 0 Å². The van der Waals surface area contributed by atoms with E-state index in [9.17, 15) is 4.79 Å². The molecule has 0 fully saturated rings. The zero-order valence-electron chi connectivity index (χ0n) is 4.95. The summed E-state index contributed by atoms with van der Waals surface area (Å²) in [5, 5.41) is 8.78. The van der Waals surface area contributed by atoms with Crippen molar-refractivity contribution in [2.45, 2.75) is 6.42 Å². The molecule has 48 valence electrons. The Morgan fingerprint density at radius 1 is 1.78 bits per heavy atom. The summed E-state index contributed by atoms with van der Waals surface area (Å²) in [4.78, 5) is 10.1. The van der Waals surface area contributed by atoms with Gasteiger partial charge in [0.1, 0.15) is 12.0 Å². The van der Waals surface area contributed by atoms with Crippen molar-refractivity contribution in [3.63, 3.8) is 0 Å². The Balaban J connectivity index is 2.58. The van der Waals surface area contributed by atoms with Crippen molar-refractivity contribution < 1.29 is 9.90 Å². The van der Waals surface area contributed by atoms with Crippen LogP contribution in [0.25, 0.3) is 0 Å². The highest BCUT2D eigenvalue weighted by molar-refractivity contribution is 5.58. The smallest absolute Gasteiger partial charge is 0.127 e.